The minimum absolute atomic E-state index is 0.0742. The number of pyridine rings is 1. The number of aromatic nitrogens is 1. The molecule has 3 aromatic carbocycles. The lowest BCUT2D eigenvalue weighted by Gasteiger charge is -2.15. The van der Waals surface area contributed by atoms with Crippen molar-refractivity contribution in [2.75, 3.05) is 12.4 Å². The van der Waals surface area contributed by atoms with Crippen LogP contribution >= 0.6 is 0 Å². The molecule has 168 valence electrons. The molecular weight excluding hydrogens is 412 g/mol. The van der Waals surface area contributed by atoms with Crippen LogP contribution in [0.15, 0.2) is 77.6 Å². The number of nitrogens with zero attached hydrogens (tertiary/aromatic N) is 1. The zero-order chi connectivity index (χ0) is 23.4. The number of ether oxygens (including phenoxy) is 1. The fourth-order valence-electron chi connectivity index (χ4n) is 3.95. The van der Waals surface area contributed by atoms with E-state index in [1.165, 1.54) is 11.1 Å². The molecule has 0 saturated heterocycles. The van der Waals surface area contributed by atoms with Gasteiger partial charge in [-0.25, -0.2) is 0 Å². The molecule has 1 aromatic heterocycles. The number of hydrogen-bond acceptors (Lipinski definition) is 3. The second kappa shape index (κ2) is 9.74. The van der Waals surface area contributed by atoms with Crippen LogP contribution in [0.4, 0.5) is 5.69 Å². The van der Waals surface area contributed by atoms with Gasteiger partial charge < -0.3 is 10.1 Å². The number of hydrogen-bond donors (Lipinski definition) is 1. The lowest BCUT2D eigenvalue weighted by Crippen LogP contribution is -2.30. The minimum Gasteiger partial charge on any atom is -0.497 e. The summed E-state index contributed by atoms with van der Waals surface area (Å²) in [5.74, 6) is 0.397. The van der Waals surface area contributed by atoms with Crippen molar-refractivity contribution in [3.63, 3.8) is 0 Å². The first kappa shape index (κ1) is 22.3. The summed E-state index contributed by atoms with van der Waals surface area (Å²) in [5.41, 5.74) is 5.32. The van der Waals surface area contributed by atoms with Crippen molar-refractivity contribution in [1.82, 2.24) is 4.57 Å². The third-order valence-corrected chi connectivity index (χ3v) is 5.90. The highest BCUT2D eigenvalue weighted by Crippen LogP contribution is 2.22. The zero-order valence-electron chi connectivity index (χ0n) is 19.2. The van der Waals surface area contributed by atoms with E-state index in [1.54, 1.807) is 11.7 Å². The molecule has 33 heavy (non-hydrogen) atoms. The van der Waals surface area contributed by atoms with Crippen molar-refractivity contribution in [3.8, 4) is 5.75 Å². The number of aryl methyl sites for hydroxylation is 4. The molecule has 0 unspecified atom stereocenters. The largest absolute Gasteiger partial charge is 0.497 e. The van der Waals surface area contributed by atoms with Crippen molar-refractivity contribution >= 4 is 22.5 Å². The van der Waals surface area contributed by atoms with Crippen LogP contribution in [0, 0.1) is 13.8 Å². The van der Waals surface area contributed by atoms with Crippen LogP contribution in [-0.4, -0.2) is 17.6 Å². The third-order valence-electron chi connectivity index (χ3n) is 5.90. The molecule has 1 heterocycles. The van der Waals surface area contributed by atoms with Crippen LogP contribution in [0.1, 0.15) is 22.3 Å². The molecule has 0 atom stereocenters. The number of amides is 1. The van der Waals surface area contributed by atoms with Gasteiger partial charge in [0.25, 0.3) is 5.56 Å². The summed E-state index contributed by atoms with van der Waals surface area (Å²) in [4.78, 5) is 26.4. The predicted octanol–water partition coefficient (Wildman–Crippen LogP) is 5.05. The Kier molecular flexibility index (Phi) is 6.59. The van der Waals surface area contributed by atoms with Crippen molar-refractivity contribution in [3.05, 3.63) is 105 Å². The summed E-state index contributed by atoms with van der Waals surface area (Å²) in [6.45, 7) is 3.92. The molecule has 0 aliphatic rings. The summed E-state index contributed by atoms with van der Waals surface area (Å²) in [7, 11) is 1.59. The predicted molar refractivity (Wildman–Crippen MR) is 133 cm³/mol. The molecule has 0 aliphatic carbocycles. The highest BCUT2D eigenvalue weighted by atomic mass is 16.5. The highest BCUT2D eigenvalue weighted by molar-refractivity contribution is 5.92. The summed E-state index contributed by atoms with van der Waals surface area (Å²) in [5, 5.41) is 3.83. The third kappa shape index (κ3) is 5.14. The average molecular weight is 441 g/mol. The summed E-state index contributed by atoms with van der Waals surface area (Å²) in [6.07, 6.45) is 1.36. The van der Waals surface area contributed by atoms with E-state index in [1.807, 2.05) is 55.5 Å². The number of anilines is 1. The lowest BCUT2D eigenvalue weighted by atomic mass is 10.0. The number of nitrogens with one attached hydrogen (secondary N) is 1. The topological polar surface area (TPSA) is 60.3 Å². The van der Waals surface area contributed by atoms with Crippen molar-refractivity contribution < 1.29 is 9.53 Å². The number of carbonyl (C=O) groups is 1. The maximum atomic E-state index is 13.5. The summed E-state index contributed by atoms with van der Waals surface area (Å²) >= 11 is 0. The number of rotatable bonds is 7. The molecule has 0 spiro atoms. The van der Waals surface area contributed by atoms with Crippen molar-refractivity contribution in [2.24, 2.45) is 0 Å². The molecule has 5 nitrogen and oxygen atoms in total. The maximum Gasteiger partial charge on any atom is 0.254 e. The Morgan fingerprint density at radius 1 is 0.939 bits per heavy atom. The Morgan fingerprint density at radius 2 is 1.70 bits per heavy atom. The first-order chi connectivity index (χ1) is 15.9. The molecule has 4 rings (SSSR count). The second-order valence-corrected chi connectivity index (χ2v) is 8.33. The Hall–Kier alpha value is -3.86. The van der Waals surface area contributed by atoms with Crippen LogP contribution in [0.2, 0.25) is 0 Å². The molecule has 0 radical (unpaired) electrons. The highest BCUT2D eigenvalue weighted by Gasteiger charge is 2.14. The summed E-state index contributed by atoms with van der Waals surface area (Å²) in [6, 6.07) is 23.5. The Labute approximate surface area is 193 Å². The van der Waals surface area contributed by atoms with Gasteiger partial charge in [0.1, 0.15) is 12.3 Å². The van der Waals surface area contributed by atoms with Gasteiger partial charge in [0.15, 0.2) is 0 Å². The van der Waals surface area contributed by atoms with Crippen LogP contribution < -0.4 is 15.6 Å². The van der Waals surface area contributed by atoms with E-state index in [0.717, 1.165) is 23.1 Å². The van der Waals surface area contributed by atoms with Gasteiger partial charge in [-0.3, -0.25) is 14.2 Å². The first-order valence-corrected chi connectivity index (χ1v) is 11.1. The molecule has 0 saturated carbocycles. The van der Waals surface area contributed by atoms with Crippen molar-refractivity contribution in [2.45, 2.75) is 33.2 Å². The Balaban J connectivity index is 1.68. The monoisotopic (exact) mass is 440 g/mol. The van der Waals surface area contributed by atoms with Gasteiger partial charge in [-0.2, -0.15) is 0 Å². The van der Waals surface area contributed by atoms with Crippen LogP contribution in [0.25, 0.3) is 10.9 Å². The lowest BCUT2D eigenvalue weighted by molar-refractivity contribution is -0.116. The Bertz CT molecular complexity index is 1350. The van der Waals surface area contributed by atoms with Gasteiger partial charge in [-0.05, 0) is 67.5 Å². The fourth-order valence-corrected chi connectivity index (χ4v) is 3.95. The van der Waals surface area contributed by atoms with Gasteiger partial charge in [-0.15, -0.1) is 0 Å². The van der Waals surface area contributed by atoms with Crippen LogP contribution in [-0.2, 0) is 24.2 Å². The molecule has 5 heteroatoms. The molecule has 0 fully saturated rings. The normalized spacial score (nSPS) is 10.9. The van der Waals surface area contributed by atoms with Crippen molar-refractivity contribution in [1.29, 1.82) is 0 Å². The summed E-state index contributed by atoms with van der Waals surface area (Å²) < 4.78 is 6.91. The molecule has 4 aromatic rings. The average Bonchev–Trinajstić information content (AvgIpc) is 2.82. The molecule has 1 N–H and O–H groups in total. The van der Waals surface area contributed by atoms with Gasteiger partial charge in [0.2, 0.25) is 5.91 Å². The first-order valence-electron chi connectivity index (χ1n) is 11.1. The molecule has 0 aliphatic heterocycles. The maximum absolute atomic E-state index is 13.5. The van der Waals surface area contributed by atoms with E-state index >= 15 is 0 Å². The van der Waals surface area contributed by atoms with E-state index in [9.17, 15) is 9.59 Å². The van der Waals surface area contributed by atoms with Gasteiger partial charge >= 0.3 is 0 Å². The minimum atomic E-state index is -0.244. The SMILES string of the molecule is COc1ccc2cc(CCc3ccc(C)cc3)c(=O)n(CC(=O)Nc3ccccc3C)c2c1. The van der Waals surface area contributed by atoms with Gasteiger partial charge in [0, 0.05) is 17.3 Å². The van der Waals surface area contributed by atoms with Gasteiger partial charge in [0.05, 0.1) is 12.6 Å². The van der Waals surface area contributed by atoms with E-state index in [-0.39, 0.29) is 18.0 Å². The smallest absolute Gasteiger partial charge is 0.254 e. The van der Waals surface area contributed by atoms with Crippen LogP contribution in [0.5, 0.6) is 5.75 Å². The quantitative estimate of drug-likeness (QED) is 0.437. The second-order valence-electron chi connectivity index (χ2n) is 8.33. The molecule has 0 bridgehead atoms. The molecule has 1 amide bonds. The number of methoxy groups -OCH3 is 1. The van der Waals surface area contributed by atoms with Crippen LogP contribution in [0.3, 0.4) is 0 Å². The van der Waals surface area contributed by atoms with E-state index in [2.05, 4.69) is 36.5 Å². The fraction of sp³-hybridized carbons (Fsp3) is 0.214. The number of para-hydroxylation sites is 1. The zero-order valence-corrected chi connectivity index (χ0v) is 19.2. The number of benzene rings is 3. The Morgan fingerprint density at radius 3 is 2.42 bits per heavy atom. The van der Waals surface area contributed by atoms with E-state index in [0.29, 0.717) is 23.3 Å². The van der Waals surface area contributed by atoms with E-state index in [4.69, 9.17) is 4.74 Å². The molecular formula is C28H28N2O3. The standard InChI is InChI=1S/C28H28N2O3/c1-19-8-10-21(11-9-19)12-13-23-16-22-14-15-24(33-3)17-26(22)30(28(23)32)18-27(31)29-25-7-5-4-6-20(25)2/h4-11,14-17H,12-13,18H2,1-3H3,(H,29,31). The van der Waals surface area contributed by atoms with E-state index < -0.39 is 0 Å². The van der Waals surface area contributed by atoms with Gasteiger partial charge in [-0.1, -0.05) is 48.0 Å². The number of carbonyl (C=O) groups excluding carboxylic acids is 1. The number of fused-ring (bicyclic) bond motifs is 1.